The van der Waals surface area contributed by atoms with Crippen molar-refractivity contribution in [2.45, 2.75) is 32.3 Å². The summed E-state index contributed by atoms with van der Waals surface area (Å²) in [5.41, 5.74) is 2.18. The zero-order chi connectivity index (χ0) is 14.3. The molecule has 0 bridgehead atoms. The highest BCUT2D eigenvalue weighted by molar-refractivity contribution is 14.1. The molecule has 0 N–H and O–H groups in total. The Morgan fingerprint density at radius 3 is 2.75 bits per heavy atom. The van der Waals surface area contributed by atoms with Gasteiger partial charge in [-0.1, -0.05) is 43.6 Å². The van der Waals surface area contributed by atoms with Crippen molar-refractivity contribution < 1.29 is 4.74 Å². The Morgan fingerprint density at radius 2 is 2.05 bits per heavy atom. The summed E-state index contributed by atoms with van der Waals surface area (Å²) in [7, 11) is 0. The Hall–Kier alpha value is -0.880. The van der Waals surface area contributed by atoms with E-state index in [2.05, 4.69) is 52.5 Å². The lowest BCUT2D eigenvalue weighted by Crippen LogP contribution is -2.12. The summed E-state index contributed by atoms with van der Waals surface area (Å²) in [6.45, 7) is 4.21. The number of hydrogen-bond acceptors (Lipinski definition) is 3. The van der Waals surface area contributed by atoms with Gasteiger partial charge in [-0.05, 0) is 40.1 Å². The summed E-state index contributed by atoms with van der Waals surface area (Å²) < 4.78 is 6.87. The maximum Gasteiger partial charge on any atom is 0.171 e. The lowest BCUT2D eigenvalue weighted by atomic mass is 10.1. The highest BCUT2D eigenvalue weighted by atomic mass is 127. The van der Waals surface area contributed by atoms with Gasteiger partial charge in [0.05, 0.1) is 9.26 Å². The van der Waals surface area contributed by atoms with Crippen molar-refractivity contribution in [2.75, 3.05) is 0 Å². The average molecular weight is 401 g/mol. The summed E-state index contributed by atoms with van der Waals surface area (Å²) in [5.74, 6) is 1.90. The minimum Gasteiger partial charge on any atom is -0.482 e. The molecule has 2 aromatic rings. The SMILES string of the molecule is CC(C)c1nc(C2Cc3ccccc3O2)nc(Cl)c1I. The van der Waals surface area contributed by atoms with Gasteiger partial charge in [0, 0.05) is 6.42 Å². The molecule has 0 aliphatic carbocycles. The van der Waals surface area contributed by atoms with Gasteiger partial charge in [0.1, 0.15) is 10.9 Å². The van der Waals surface area contributed by atoms with Crippen molar-refractivity contribution in [1.29, 1.82) is 0 Å². The van der Waals surface area contributed by atoms with E-state index < -0.39 is 0 Å². The third-order valence-electron chi connectivity index (χ3n) is 3.34. The van der Waals surface area contributed by atoms with E-state index in [1.165, 1.54) is 5.56 Å². The zero-order valence-corrected chi connectivity index (χ0v) is 14.1. The van der Waals surface area contributed by atoms with Gasteiger partial charge in [0.2, 0.25) is 0 Å². The standard InChI is InChI=1S/C15H14ClIN2O/c1-8(2)13-12(17)14(16)19-15(18-13)11-7-9-5-3-4-6-10(9)20-11/h3-6,8,11H,7H2,1-2H3. The maximum absolute atomic E-state index is 6.24. The molecule has 1 aromatic heterocycles. The molecule has 1 aliphatic heterocycles. The van der Waals surface area contributed by atoms with Gasteiger partial charge < -0.3 is 4.74 Å². The summed E-state index contributed by atoms with van der Waals surface area (Å²) in [6.07, 6.45) is 0.657. The van der Waals surface area contributed by atoms with E-state index in [0.29, 0.717) is 16.9 Å². The molecule has 104 valence electrons. The number of ether oxygens (including phenoxy) is 1. The van der Waals surface area contributed by atoms with Gasteiger partial charge in [-0.3, -0.25) is 0 Å². The number of benzene rings is 1. The molecule has 0 radical (unpaired) electrons. The smallest absolute Gasteiger partial charge is 0.171 e. The Labute approximate surface area is 136 Å². The Morgan fingerprint density at radius 1 is 1.30 bits per heavy atom. The normalized spacial score (nSPS) is 17.1. The molecule has 0 fully saturated rings. The quantitative estimate of drug-likeness (QED) is 0.548. The minimum atomic E-state index is -0.139. The summed E-state index contributed by atoms with van der Waals surface area (Å²) >= 11 is 8.44. The summed E-state index contributed by atoms with van der Waals surface area (Å²) in [5, 5.41) is 0.513. The van der Waals surface area contributed by atoms with Gasteiger partial charge in [-0.15, -0.1) is 0 Å². The molecular weight excluding hydrogens is 387 g/mol. The molecule has 1 unspecified atom stereocenters. The lowest BCUT2D eigenvalue weighted by molar-refractivity contribution is 0.227. The lowest BCUT2D eigenvalue weighted by Gasteiger charge is -2.14. The van der Waals surface area contributed by atoms with E-state index in [1.807, 2.05) is 18.2 Å². The average Bonchev–Trinajstić information content (AvgIpc) is 2.85. The van der Waals surface area contributed by atoms with Crippen LogP contribution in [0.25, 0.3) is 0 Å². The highest BCUT2D eigenvalue weighted by Gasteiger charge is 2.28. The first-order chi connectivity index (χ1) is 9.56. The molecule has 5 heteroatoms. The topological polar surface area (TPSA) is 35.0 Å². The number of aromatic nitrogens is 2. The van der Waals surface area contributed by atoms with Crippen LogP contribution in [0.1, 0.15) is 43.0 Å². The largest absolute Gasteiger partial charge is 0.482 e. The van der Waals surface area contributed by atoms with Crippen LogP contribution in [0.2, 0.25) is 5.15 Å². The minimum absolute atomic E-state index is 0.139. The number of nitrogens with zero attached hydrogens (tertiary/aromatic N) is 2. The summed E-state index contributed by atoms with van der Waals surface area (Å²) in [4.78, 5) is 9.07. The third-order valence-corrected chi connectivity index (χ3v) is 4.99. The Balaban J connectivity index is 1.97. The Kier molecular flexibility index (Phi) is 3.86. The predicted octanol–water partition coefficient (Wildman–Crippen LogP) is 4.53. The van der Waals surface area contributed by atoms with E-state index in [1.54, 1.807) is 0 Å². The highest BCUT2D eigenvalue weighted by Crippen LogP contribution is 2.36. The molecule has 20 heavy (non-hydrogen) atoms. The van der Waals surface area contributed by atoms with Crippen LogP contribution in [0, 0.1) is 3.57 Å². The second-order valence-electron chi connectivity index (χ2n) is 5.14. The number of hydrogen-bond donors (Lipinski definition) is 0. The first-order valence-corrected chi connectivity index (χ1v) is 7.99. The van der Waals surface area contributed by atoms with Gasteiger partial charge in [-0.2, -0.15) is 0 Å². The van der Waals surface area contributed by atoms with Crippen LogP contribution in [0.15, 0.2) is 24.3 Å². The van der Waals surface area contributed by atoms with Crippen molar-refractivity contribution in [3.63, 3.8) is 0 Å². The van der Waals surface area contributed by atoms with Gasteiger partial charge in [0.15, 0.2) is 11.9 Å². The molecule has 0 saturated heterocycles. The van der Waals surface area contributed by atoms with E-state index in [-0.39, 0.29) is 6.10 Å². The zero-order valence-electron chi connectivity index (χ0n) is 11.2. The molecule has 1 aromatic carbocycles. The molecule has 1 atom stereocenters. The van der Waals surface area contributed by atoms with Crippen LogP contribution < -0.4 is 4.74 Å². The molecular formula is C15H14ClIN2O. The van der Waals surface area contributed by atoms with E-state index >= 15 is 0 Å². The molecule has 3 nitrogen and oxygen atoms in total. The predicted molar refractivity (Wildman–Crippen MR) is 87.4 cm³/mol. The van der Waals surface area contributed by atoms with Crippen molar-refractivity contribution >= 4 is 34.2 Å². The van der Waals surface area contributed by atoms with Crippen LogP contribution in [0.5, 0.6) is 5.75 Å². The Bertz CT molecular complexity index is 635. The van der Waals surface area contributed by atoms with Crippen LogP contribution >= 0.6 is 34.2 Å². The third kappa shape index (κ3) is 2.51. The number of para-hydroxylation sites is 1. The first-order valence-electron chi connectivity index (χ1n) is 6.53. The molecule has 2 heterocycles. The van der Waals surface area contributed by atoms with Crippen LogP contribution in [-0.2, 0) is 6.42 Å². The molecule has 1 aliphatic rings. The maximum atomic E-state index is 6.24. The number of halogens is 2. The first kappa shape index (κ1) is 14.1. The van der Waals surface area contributed by atoms with Crippen molar-refractivity contribution in [3.8, 4) is 5.75 Å². The van der Waals surface area contributed by atoms with Crippen LogP contribution in [0.4, 0.5) is 0 Å². The summed E-state index contributed by atoms with van der Waals surface area (Å²) in [6, 6.07) is 8.05. The second kappa shape index (κ2) is 5.48. The molecule has 0 spiro atoms. The van der Waals surface area contributed by atoms with Crippen molar-refractivity contribution in [2.24, 2.45) is 0 Å². The molecule has 0 saturated carbocycles. The van der Waals surface area contributed by atoms with Crippen LogP contribution in [0.3, 0.4) is 0 Å². The molecule has 3 rings (SSSR count). The van der Waals surface area contributed by atoms with E-state index in [9.17, 15) is 0 Å². The van der Waals surface area contributed by atoms with Gasteiger partial charge in [-0.25, -0.2) is 9.97 Å². The van der Waals surface area contributed by atoms with Crippen molar-refractivity contribution in [1.82, 2.24) is 9.97 Å². The van der Waals surface area contributed by atoms with E-state index in [4.69, 9.17) is 16.3 Å². The second-order valence-corrected chi connectivity index (χ2v) is 6.58. The molecule has 0 amide bonds. The van der Waals surface area contributed by atoms with Crippen LogP contribution in [-0.4, -0.2) is 9.97 Å². The fourth-order valence-electron chi connectivity index (χ4n) is 2.31. The number of rotatable bonds is 2. The van der Waals surface area contributed by atoms with Gasteiger partial charge >= 0.3 is 0 Å². The fourth-order valence-corrected chi connectivity index (χ4v) is 3.35. The van der Waals surface area contributed by atoms with E-state index in [0.717, 1.165) is 21.4 Å². The number of fused-ring (bicyclic) bond motifs is 1. The van der Waals surface area contributed by atoms with Crippen molar-refractivity contribution in [3.05, 3.63) is 50.1 Å². The fraction of sp³-hybridized carbons (Fsp3) is 0.333. The van der Waals surface area contributed by atoms with Gasteiger partial charge in [0.25, 0.3) is 0 Å². The monoisotopic (exact) mass is 400 g/mol.